The van der Waals surface area contributed by atoms with E-state index >= 15 is 0 Å². The Morgan fingerprint density at radius 1 is 0.800 bits per heavy atom. The second kappa shape index (κ2) is 4.31. The van der Waals surface area contributed by atoms with Gasteiger partial charge in [-0.25, -0.2) is 4.68 Å². The van der Waals surface area contributed by atoms with Crippen LogP contribution in [0.25, 0.3) is 22.9 Å². The van der Waals surface area contributed by atoms with Gasteiger partial charge in [-0.3, -0.25) is 4.40 Å². The van der Waals surface area contributed by atoms with Gasteiger partial charge in [-0.05, 0) is 30.3 Å². The van der Waals surface area contributed by atoms with Gasteiger partial charge >= 0.3 is 0 Å². The Labute approximate surface area is 115 Å². The van der Waals surface area contributed by atoms with E-state index in [-0.39, 0.29) is 0 Å². The quantitative estimate of drug-likeness (QED) is 0.557. The lowest BCUT2D eigenvalue weighted by Crippen LogP contribution is -2.00. The van der Waals surface area contributed by atoms with Crippen LogP contribution in [0, 0.1) is 0 Å². The first-order valence-electron chi connectivity index (χ1n) is 6.33. The fourth-order valence-electron chi connectivity index (χ4n) is 2.26. The van der Waals surface area contributed by atoms with E-state index in [4.69, 9.17) is 0 Å². The summed E-state index contributed by atoms with van der Waals surface area (Å²) in [7, 11) is 0. The lowest BCUT2D eigenvalue weighted by atomic mass is 10.3. The van der Waals surface area contributed by atoms with E-state index in [9.17, 15) is 0 Å². The summed E-state index contributed by atoms with van der Waals surface area (Å²) in [5.74, 6) is 0.780. The summed E-state index contributed by atoms with van der Waals surface area (Å²) in [4.78, 5) is 0. The molecule has 4 aromatic rings. The fraction of sp³-hybridized carbons (Fsp3) is 0. The van der Waals surface area contributed by atoms with Crippen LogP contribution in [-0.2, 0) is 0 Å². The second-order valence-corrected chi connectivity index (χ2v) is 4.42. The molecule has 0 bridgehead atoms. The monoisotopic (exact) mass is 261 g/mol. The third-order valence-electron chi connectivity index (χ3n) is 3.19. The molecule has 0 radical (unpaired) electrons. The van der Waals surface area contributed by atoms with Crippen molar-refractivity contribution < 1.29 is 0 Å². The molecule has 0 aliphatic rings. The summed E-state index contributed by atoms with van der Waals surface area (Å²) in [5, 5.41) is 12.8. The standard InChI is InChI=1S/C15H11N5/c1-2-6-12(7-3-1)20-13(9-10-16-20)15-18-17-14-8-4-5-11-19(14)15/h1-11H. The van der Waals surface area contributed by atoms with Crippen molar-refractivity contribution >= 4 is 5.65 Å². The first kappa shape index (κ1) is 10.9. The maximum absolute atomic E-state index is 4.38. The molecular formula is C15H11N5. The molecule has 3 aromatic heterocycles. The molecule has 0 saturated heterocycles. The van der Waals surface area contributed by atoms with Crippen molar-refractivity contribution in [1.82, 2.24) is 24.4 Å². The third kappa shape index (κ3) is 1.60. The first-order valence-corrected chi connectivity index (χ1v) is 6.33. The Balaban J connectivity index is 1.94. The summed E-state index contributed by atoms with van der Waals surface area (Å²) >= 11 is 0. The van der Waals surface area contributed by atoms with Crippen LogP contribution in [0.3, 0.4) is 0 Å². The molecule has 5 heteroatoms. The topological polar surface area (TPSA) is 48.0 Å². The molecule has 3 heterocycles. The summed E-state index contributed by atoms with van der Waals surface area (Å²) in [6, 6.07) is 17.8. The maximum Gasteiger partial charge on any atom is 0.187 e. The number of aromatic nitrogens is 5. The Kier molecular flexibility index (Phi) is 2.35. The SMILES string of the molecule is c1ccc(-n2nccc2-c2nnc3ccccn23)cc1. The highest BCUT2D eigenvalue weighted by molar-refractivity contribution is 5.58. The number of rotatable bonds is 2. The van der Waals surface area contributed by atoms with E-state index in [0.29, 0.717) is 0 Å². The van der Waals surface area contributed by atoms with Crippen molar-refractivity contribution in [3.05, 3.63) is 67.0 Å². The van der Waals surface area contributed by atoms with E-state index < -0.39 is 0 Å². The van der Waals surface area contributed by atoms with Crippen LogP contribution in [-0.4, -0.2) is 24.4 Å². The molecule has 96 valence electrons. The van der Waals surface area contributed by atoms with Crippen LogP contribution in [0.2, 0.25) is 0 Å². The molecule has 5 nitrogen and oxygen atoms in total. The zero-order valence-corrected chi connectivity index (χ0v) is 10.6. The van der Waals surface area contributed by atoms with Crippen molar-refractivity contribution in [2.24, 2.45) is 0 Å². The van der Waals surface area contributed by atoms with Gasteiger partial charge in [0, 0.05) is 6.20 Å². The molecule has 0 spiro atoms. The zero-order valence-electron chi connectivity index (χ0n) is 10.6. The van der Waals surface area contributed by atoms with Gasteiger partial charge in [0.05, 0.1) is 11.9 Å². The number of hydrogen-bond donors (Lipinski definition) is 0. The van der Waals surface area contributed by atoms with Crippen LogP contribution in [0.5, 0.6) is 0 Å². The number of pyridine rings is 1. The molecule has 4 rings (SSSR count). The van der Waals surface area contributed by atoms with Gasteiger partial charge in [0.15, 0.2) is 11.5 Å². The molecule has 20 heavy (non-hydrogen) atoms. The molecule has 0 aliphatic heterocycles. The summed E-state index contributed by atoms with van der Waals surface area (Å²) in [6.07, 6.45) is 3.72. The second-order valence-electron chi connectivity index (χ2n) is 4.42. The predicted molar refractivity (Wildman–Crippen MR) is 75.5 cm³/mol. The van der Waals surface area contributed by atoms with Gasteiger partial charge in [0.1, 0.15) is 5.69 Å². The highest BCUT2D eigenvalue weighted by atomic mass is 15.3. The van der Waals surface area contributed by atoms with E-state index in [1.165, 1.54) is 0 Å². The minimum atomic E-state index is 0.780. The lowest BCUT2D eigenvalue weighted by Gasteiger charge is -2.05. The van der Waals surface area contributed by atoms with Crippen LogP contribution in [0.1, 0.15) is 0 Å². The predicted octanol–water partition coefficient (Wildman–Crippen LogP) is 2.58. The van der Waals surface area contributed by atoms with Crippen LogP contribution < -0.4 is 0 Å². The largest absolute Gasteiger partial charge is 0.281 e. The van der Waals surface area contributed by atoms with Crippen LogP contribution in [0.15, 0.2) is 67.0 Å². The van der Waals surface area contributed by atoms with E-state index in [2.05, 4.69) is 15.3 Å². The number of benzene rings is 1. The van der Waals surface area contributed by atoms with Crippen LogP contribution in [0.4, 0.5) is 0 Å². The Hall–Kier alpha value is -2.95. The molecule has 0 saturated carbocycles. The molecule has 0 fully saturated rings. The highest BCUT2D eigenvalue weighted by Crippen LogP contribution is 2.21. The van der Waals surface area contributed by atoms with Crippen molar-refractivity contribution in [2.75, 3.05) is 0 Å². The average Bonchev–Trinajstić information content (AvgIpc) is 3.14. The number of hydrogen-bond acceptors (Lipinski definition) is 3. The van der Waals surface area contributed by atoms with Gasteiger partial charge in [-0.2, -0.15) is 5.10 Å². The minimum absolute atomic E-state index is 0.780. The fourth-order valence-corrected chi connectivity index (χ4v) is 2.26. The van der Waals surface area contributed by atoms with Crippen molar-refractivity contribution in [3.63, 3.8) is 0 Å². The van der Waals surface area contributed by atoms with Crippen molar-refractivity contribution in [3.8, 4) is 17.2 Å². The van der Waals surface area contributed by atoms with Crippen molar-refractivity contribution in [2.45, 2.75) is 0 Å². The first-order chi connectivity index (χ1) is 9.93. The van der Waals surface area contributed by atoms with Gasteiger partial charge in [0.25, 0.3) is 0 Å². The number of fused-ring (bicyclic) bond motifs is 1. The molecule has 0 aliphatic carbocycles. The van der Waals surface area contributed by atoms with Gasteiger partial charge in [-0.15, -0.1) is 10.2 Å². The zero-order chi connectivity index (χ0) is 13.4. The molecule has 1 aromatic carbocycles. The molecule has 0 N–H and O–H groups in total. The summed E-state index contributed by atoms with van der Waals surface area (Å²) in [6.45, 7) is 0. The Morgan fingerprint density at radius 3 is 2.55 bits per heavy atom. The molecule has 0 atom stereocenters. The maximum atomic E-state index is 4.38. The van der Waals surface area contributed by atoms with Crippen LogP contribution >= 0.6 is 0 Å². The van der Waals surface area contributed by atoms with E-state index in [1.54, 1.807) is 6.20 Å². The highest BCUT2D eigenvalue weighted by Gasteiger charge is 2.13. The molecule has 0 amide bonds. The summed E-state index contributed by atoms with van der Waals surface area (Å²) in [5.41, 5.74) is 2.73. The van der Waals surface area contributed by atoms with Gasteiger partial charge in [-0.1, -0.05) is 24.3 Å². The number of para-hydroxylation sites is 1. The van der Waals surface area contributed by atoms with E-state index in [1.807, 2.05) is 69.9 Å². The summed E-state index contributed by atoms with van der Waals surface area (Å²) < 4.78 is 3.82. The Bertz CT molecular complexity index is 860. The average molecular weight is 261 g/mol. The third-order valence-corrected chi connectivity index (χ3v) is 3.19. The number of nitrogens with zero attached hydrogens (tertiary/aromatic N) is 5. The Morgan fingerprint density at radius 2 is 1.65 bits per heavy atom. The lowest BCUT2D eigenvalue weighted by molar-refractivity contribution is 0.875. The van der Waals surface area contributed by atoms with Crippen molar-refractivity contribution in [1.29, 1.82) is 0 Å². The molecule has 0 unspecified atom stereocenters. The minimum Gasteiger partial charge on any atom is -0.281 e. The van der Waals surface area contributed by atoms with Gasteiger partial charge in [0.2, 0.25) is 0 Å². The molecular weight excluding hydrogens is 250 g/mol. The normalized spacial score (nSPS) is 11.0. The smallest absolute Gasteiger partial charge is 0.187 e. The van der Waals surface area contributed by atoms with Gasteiger partial charge < -0.3 is 0 Å². The van der Waals surface area contributed by atoms with E-state index in [0.717, 1.165) is 22.9 Å².